The number of para-hydroxylation sites is 1. The summed E-state index contributed by atoms with van der Waals surface area (Å²) in [4.78, 5) is 10.1. The Labute approximate surface area is 181 Å². The van der Waals surface area contributed by atoms with Crippen molar-refractivity contribution in [3.63, 3.8) is 0 Å². The predicted octanol–water partition coefficient (Wildman–Crippen LogP) is 3.95. The first kappa shape index (κ1) is 23.6. The van der Waals surface area contributed by atoms with Crippen molar-refractivity contribution in [3.8, 4) is 5.75 Å². The summed E-state index contributed by atoms with van der Waals surface area (Å²) >= 11 is 1.75. The number of hydrogen-bond donors (Lipinski definition) is 2. The average molecular weight is 506 g/mol. The third-order valence-corrected chi connectivity index (χ3v) is 4.92. The minimum atomic E-state index is -0.355. The van der Waals surface area contributed by atoms with Gasteiger partial charge in [-0.05, 0) is 32.4 Å². The third-order valence-electron chi connectivity index (χ3n) is 3.85. The maximum absolute atomic E-state index is 13.6. The lowest BCUT2D eigenvalue weighted by molar-refractivity contribution is 0.214. The summed E-state index contributed by atoms with van der Waals surface area (Å²) in [5.41, 5.74) is 1.19. The molecular weight excluding hydrogens is 478 g/mol. The van der Waals surface area contributed by atoms with Gasteiger partial charge in [0.15, 0.2) is 17.5 Å². The zero-order chi connectivity index (χ0) is 18.9. The number of hydrogen-bond acceptors (Lipinski definition) is 4. The molecule has 2 aromatic rings. The third kappa shape index (κ3) is 7.61. The van der Waals surface area contributed by atoms with Crippen LogP contribution in [-0.4, -0.2) is 37.2 Å². The van der Waals surface area contributed by atoms with E-state index in [4.69, 9.17) is 4.74 Å². The number of benzene rings is 1. The highest BCUT2D eigenvalue weighted by atomic mass is 127. The summed E-state index contributed by atoms with van der Waals surface area (Å²) in [6, 6.07) is 6.41. The molecule has 0 saturated carbocycles. The zero-order valence-electron chi connectivity index (χ0n) is 16.2. The summed E-state index contributed by atoms with van der Waals surface area (Å²) in [7, 11) is 1.72. The molecule has 0 amide bonds. The average Bonchev–Trinajstić information content (AvgIpc) is 2.99. The second kappa shape index (κ2) is 12.1. The molecule has 0 aliphatic heterocycles. The zero-order valence-corrected chi connectivity index (χ0v) is 19.4. The van der Waals surface area contributed by atoms with Crippen LogP contribution in [0.15, 0.2) is 29.3 Å². The van der Waals surface area contributed by atoms with E-state index >= 15 is 0 Å². The lowest BCUT2D eigenvalue weighted by Gasteiger charge is -2.18. The number of aliphatic imine (C=N–C) groups is 1. The van der Waals surface area contributed by atoms with E-state index in [0.29, 0.717) is 12.5 Å². The van der Waals surface area contributed by atoms with E-state index in [0.717, 1.165) is 24.4 Å². The van der Waals surface area contributed by atoms with Gasteiger partial charge in [0.25, 0.3) is 0 Å². The molecule has 8 heteroatoms. The van der Waals surface area contributed by atoms with Crippen molar-refractivity contribution < 1.29 is 9.13 Å². The van der Waals surface area contributed by atoms with Gasteiger partial charge in [0, 0.05) is 24.9 Å². The van der Waals surface area contributed by atoms with Crippen molar-refractivity contribution in [2.45, 2.75) is 39.7 Å². The van der Waals surface area contributed by atoms with Gasteiger partial charge in [-0.25, -0.2) is 9.37 Å². The van der Waals surface area contributed by atoms with Gasteiger partial charge in [0.2, 0.25) is 0 Å². The van der Waals surface area contributed by atoms with Gasteiger partial charge < -0.3 is 15.4 Å². The van der Waals surface area contributed by atoms with Crippen molar-refractivity contribution in [1.29, 1.82) is 0 Å². The molecule has 0 spiro atoms. The van der Waals surface area contributed by atoms with Crippen LogP contribution < -0.4 is 15.4 Å². The molecular formula is C19H28FIN4OS. The van der Waals surface area contributed by atoms with Crippen LogP contribution in [0.2, 0.25) is 0 Å². The summed E-state index contributed by atoms with van der Waals surface area (Å²) < 4.78 is 19.2. The molecule has 1 atom stereocenters. The molecule has 2 N–H and O–H groups in total. The van der Waals surface area contributed by atoms with Crippen molar-refractivity contribution in [1.82, 2.24) is 15.6 Å². The first-order valence-corrected chi connectivity index (χ1v) is 9.66. The van der Waals surface area contributed by atoms with Gasteiger partial charge >= 0.3 is 0 Å². The van der Waals surface area contributed by atoms with Crippen LogP contribution in [0.3, 0.4) is 0 Å². The van der Waals surface area contributed by atoms with Gasteiger partial charge in [-0.15, -0.1) is 35.3 Å². The Hall–Kier alpha value is -1.42. The molecule has 0 aliphatic rings. The molecule has 1 heterocycles. The fraction of sp³-hybridized carbons (Fsp3) is 0.474. The van der Waals surface area contributed by atoms with Crippen molar-refractivity contribution in [2.24, 2.45) is 4.99 Å². The molecule has 1 unspecified atom stereocenters. The van der Waals surface area contributed by atoms with Crippen molar-refractivity contribution in [2.75, 3.05) is 20.1 Å². The minimum absolute atomic E-state index is 0. The van der Waals surface area contributed by atoms with Gasteiger partial charge in [0.05, 0.1) is 17.2 Å². The minimum Gasteiger partial charge on any atom is -0.486 e. The number of aryl methyl sites for hydroxylation is 2. The molecule has 27 heavy (non-hydrogen) atoms. The number of thiazole rings is 1. The lowest BCUT2D eigenvalue weighted by Crippen LogP contribution is -2.42. The largest absolute Gasteiger partial charge is 0.486 e. The second-order valence-corrected chi connectivity index (χ2v) is 7.24. The molecule has 1 aromatic carbocycles. The molecule has 1 aromatic heterocycles. The molecule has 2 rings (SSSR count). The fourth-order valence-electron chi connectivity index (χ4n) is 2.47. The Kier molecular flexibility index (Phi) is 10.6. The van der Waals surface area contributed by atoms with E-state index in [9.17, 15) is 4.39 Å². The summed E-state index contributed by atoms with van der Waals surface area (Å²) in [5.74, 6) is 0.598. The molecule has 0 saturated heterocycles. The van der Waals surface area contributed by atoms with Crippen LogP contribution in [0.25, 0.3) is 0 Å². The maximum atomic E-state index is 13.6. The Balaban J connectivity index is 0.00000364. The van der Waals surface area contributed by atoms with Crippen LogP contribution >= 0.6 is 35.3 Å². The highest BCUT2D eigenvalue weighted by Crippen LogP contribution is 2.18. The molecule has 0 bridgehead atoms. The number of guanidine groups is 1. The first-order valence-electron chi connectivity index (χ1n) is 8.84. The quantitative estimate of drug-likeness (QED) is 0.324. The second-order valence-electron chi connectivity index (χ2n) is 5.95. The number of nitrogens with one attached hydrogen (secondary N) is 2. The van der Waals surface area contributed by atoms with Gasteiger partial charge in [-0.3, -0.25) is 4.99 Å². The highest BCUT2D eigenvalue weighted by Gasteiger charge is 2.09. The smallest absolute Gasteiger partial charge is 0.191 e. The summed E-state index contributed by atoms with van der Waals surface area (Å²) in [6.07, 6.45) is 1.63. The topological polar surface area (TPSA) is 58.5 Å². The van der Waals surface area contributed by atoms with E-state index in [1.54, 1.807) is 36.6 Å². The molecule has 0 radical (unpaired) electrons. The number of aromatic nitrogens is 1. The monoisotopic (exact) mass is 506 g/mol. The van der Waals surface area contributed by atoms with Gasteiger partial charge in [-0.1, -0.05) is 19.1 Å². The standard InChI is InChI=1S/C19H27FN4OS.HI/c1-5-16-14(3)26-18(24-16)10-11-22-19(21-4)23-12-13(2)25-17-9-7-6-8-15(17)20;/h6-9,13H,5,10-12H2,1-4H3,(H2,21,22,23);1H. The Morgan fingerprint density at radius 3 is 2.70 bits per heavy atom. The number of ether oxygens (including phenoxy) is 1. The van der Waals surface area contributed by atoms with Crippen molar-refractivity contribution in [3.05, 3.63) is 45.7 Å². The molecule has 5 nitrogen and oxygen atoms in total. The number of halogens is 2. The molecule has 0 aliphatic carbocycles. The maximum Gasteiger partial charge on any atom is 0.191 e. The summed E-state index contributed by atoms with van der Waals surface area (Å²) in [5, 5.41) is 7.61. The van der Waals surface area contributed by atoms with E-state index in [2.05, 4.69) is 34.5 Å². The normalized spacial score (nSPS) is 12.3. The fourth-order valence-corrected chi connectivity index (χ4v) is 3.49. The Morgan fingerprint density at radius 1 is 1.33 bits per heavy atom. The highest BCUT2D eigenvalue weighted by molar-refractivity contribution is 14.0. The van der Waals surface area contributed by atoms with Gasteiger partial charge in [-0.2, -0.15) is 0 Å². The first-order chi connectivity index (χ1) is 12.5. The molecule has 0 fully saturated rings. The van der Waals surface area contributed by atoms with Crippen LogP contribution in [0.1, 0.15) is 29.4 Å². The summed E-state index contributed by atoms with van der Waals surface area (Å²) in [6.45, 7) is 7.39. The van der Waals surface area contributed by atoms with Crippen molar-refractivity contribution >= 4 is 41.3 Å². The Morgan fingerprint density at radius 2 is 2.07 bits per heavy atom. The number of nitrogens with zero attached hydrogens (tertiary/aromatic N) is 2. The lowest BCUT2D eigenvalue weighted by atomic mass is 10.3. The van der Waals surface area contributed by atoms with Crippen LogP contribution in [0.4, 0.5) is 4.39 Å². The predicted molar refractivity (Wildman–Crippen MR) is 121 cm³/mol. The van der Waals surface area contributed by atoms with E-state index in [-0.39, 0.29) is 41.6 Å². The van der Waals surface area contributed by atoms with Gasteiger partial charge in [0.1, 0.15) is 6.10 Å². The van der Waals surface area contributed by atoms with Crippen LogP contribution in [0, 0.1) is 12.7 Å². The van der Waals surface area contributed by atoms with E-state index in [1.165, 1.54) is 16.6 Å². The Bertz CT molecular complexity index is 738. The van der Waals surface area contributed by atoms with E-state index < -0.39 is 0 Å². The van der Waals surface area contributed by atoms with E-state index in [1.807, 2.05) is 6.92 Å². The number of rotatable bonds is 8. The van der Waals surface area contributed by atoms with Crippen LogP contribution in [0.5, 0.6) is 5.75 Å². The van der Waals surface area contributed by atoms with Crippen LogP contribution in [-0.2, 0) is 12.8 Å². The molecule has 150 valence electrons. The SMILES string of the molecule is CCc1nc(CCNC(=NC)NCC(C)Oc2ccccc2F)sc1C.I.